The van der Waals surface area contributed by atoms with E-state index in [1.165, 1.54) is 23.1 Å². The van der Waals surface area contributed by atoms with Crippen molar-refractivity contribution in [1.29, 1.82) is 0 Å². The first kappa shape index (κ1) is 20.1. The monoisotopic (exact) mass is 413 g/mol. The average molecular weight is 413 g/mol. The van der Waals surface area contributed by atoms with Gasteiger partial charge in [-0.15, -0.1) is 0 Å². The molecule has 150 valence electrons. The number of sulfone groups is 1. The lowest BCUT2D eigenvalue weighted by Gasteiger charge is -2.17. The highest BCUT2D eigenvalue weighted by molar-refractivity contribution is 7.92. The molecule has 1 unspecified atom stereocenters. The van der Waals surface area contributed by atoms with E-state index >= 15 is 0 Å². The topological polar surface area (TPSA) is 79.4 Å². The van der Waals surface area contributed by atoms with Crippen LogP contribution in [0.1, 0.15) is 17.7 Å². The van der Waals surface area contributed by atoms with E-state index in [1.54, 1.807) is 18.2 Å². The summed E-state index contributed by atoms with van der Waals surface area (Å²) in [7, 11) is -3.53. The maximum absolute atomic E-state index is 12.6. The van der Waals surface area contributed by atoms with Crippen molar-refractivity contribution in [1.82, 2.24) is 15.2 Å². The third-order valence-corrected chi connectivity index (χ3v) is 6.69. The van der Waals surface area contributed by atoms with E-state index < -0.39 is 33.0 Å². The Labute approximate surface area is 160 Å². The Kier molecular flexibility index (Phi) is 5.59. The molecule has 1 N–H and O–H groups in total. The Morgan fingerprint density at radius 2 is 1.89 bits per heavy atom. The number of carbonyl (C=O) groups excluding carboxylic acids is 1. The van der Waals surface area contributed by atoms with Gasteiger partial charge in [-0.3, -0.25) is 4.98 Å². The second kappa shape index (κ2) is 7.78. The molecule has 1 atom stereocenters. The maximum atomic E-state index is 12.6. The molecule has 2 aromatic rings. The number of alkyl halides is 3. The normalized spacial score (nSPS) is 17.5. The first-order valence-corrected chi connectivity index (χ1v) is 10.1. The van der Waals surface area contributed by atoms with Crippen molar-refractivity contribution in [2.75, 3.05) is 13.1 Å². The molecule has 0 aliphatic carbocycles. The summed E-state index contributed by atoms with van der Waals surface area (Å²) in [5, 5.41) is 1.90. The molecular formula is C18H18F3N3O3S. The number of pyridine rings is 1. The van der Waals surface area contributed by atoms with Gasteiger partial charge in [0.2, 0.25) is 0 Å². The average Bonchev–Trinajstić information content (AvgIpc) is 3.17. The van der Waals surface area contributed by atoms with Gasteiger partial charge in [-0.1, -0.05) is 24.3 Å². The van der Waals surface area contributed by atoms with Crippen molar-refractivity contribution in [2.45, 2.75) is 29.3 Å². The molecule has 1 aliphatic rings. The van der Waals surface area contributed by atoms with E-state index in [0.29, 0.717) is 12.0 Å². The van der Waals surface area contributed by atoms with E-state index in [1.807, 2.05) is 0 Å². The Hall–Kier alpha value is -2.62. The Morgan fingerprint density at radius 1 is 1.18 bits per heavy atom. The minimum absolute atomic E-state index is 0.00340. The molecule has 0 saturated carbocycles. The largest absolute Gasteiger partial charge is 0.433 e. The molecule has 1 saturated heterocycles. The van der Waals surface area contributed by atoms with E-state index in [4.69, 9.17) is 0 Å². The first-order chi connectivity index (χ1) is 13.2. The number of hydrogen-bond acceptors (Lipinski definition) is 4. The molecule has 0 bridgehead atoms. The van der Waals surface area contributed by atoms with E-state index in [9.17, 15) is 26.4 Å². The Bertz CT molecular complexity index is 932. The van der Waals surface area contributed by atoms with Gasteiger partial charge in [0, 0.05) is 25.8 Å². The number of benzene rings is 1. The highest BCUT2D eigenvalue weighted by Crippen LogP contribution is 2.27. The molecule has 2 amide bonds. The summed E-state index contributed by atoms with van der Waals surface area (Å²) in [4.78, 5) is 17.2. The molecule has 1 aromatic carbocycles. The first-order valence-electron chi connectivity index (χ1n) is 8.52. The number of rotatable bonds is 4. The highest BCUT2D eigenvalue weighted by atomic mass is 32.2. The smallest absolute Gasteiger partial charge is 0.334 e. The van der Waals surface area contributed by atoms with Crippen molar-refractivity contribution >= 4 is 15.9 Å². The van der Waals surface area contributed by atoms with Gasteiger partial charge in [-0.2, -0.15) is 13.2 Å². The number of aromatic nitrogens is 1. The molecule has 1 fully saturated rings. The van der Waals surface area contributed by atoms with Crippen LogP contribution in [0, 0.1) is 0 Å². The van der Waals surface area contributed by atoms with Crippen LogP contribution < -0.4 is 5.32 Å². The number of carbonyl (C=O) groups is 1. The van der Waals surface area contributed by atoms with Crippen LogP contribution in [0.4, 0.5) is 18.0 Å². The van der Waals surface area contributed by atoms with Crippen LogP contribution in [0.15, 0.2) is 53.6 Å². The SMILES string of the molecule is O=C(NCc1ccc(C(F)(F)F)nc1)N1CCC(S(=O)(=O)c2ccccc2)C1. The predicted octanol–water partition coefficient (Wildman–Crippen LogP) is 2.86. The zero-order chi connectivity index (χ0) is 20.4. The number of hydrogen-bond donors (Lipinski definition) is 1. The van der Waals surface area contributed by atoms with Crippen LogP contribution in [0.25, 0.3) is 0 Å². The van der Waals surface area contributed by atoms with Gasteiger partial charge in [-0.05, 0) is 30.2 Å². The van der Waals surface area contributed by atoms with E-state index in [2.05, 4.69) is 10.3 Å². The lowest BCUT2D eigenvalue weighted by atomic mass is 10.2. The second-order valence-electron chi connectivity index (χ2n) is 6.42. The lowest BCUT2D eigenvalue weighted by Crippen LogP contribution is -2.39. The number of urea groups is 1. The van der Waals surface area contributed by atoms with Gasteiger partial charge in [0.1, 0.15) is 5.69 Å². The van der Waals surface area contributed by atoms with Crippen molar-refractivity contribution in [3.05, 3.63) is 59.9 Å². The maximum Gasteiger partial charge on any atom is 0.433 e. The van der Waals surface area contributed by atoms with E-state index in [0.717, 1.165) is 12.3 Å². The molecule has 6 nitrogen and oxygen atoms in total. The molecule has 28 heavy (non-hydrogen) atoms. The van der Waals surface area contributed by atoms with Crippen LogP contribution >= 0.6 is 0 Å². The molecule has 3 rings (SSSR count). The predicted molar refractivity (Wildman–Crippen MR) is 95.1 cm³/mol. The van der Waals surface area contributed by atoms with Gasteiger partial charge in [0.25, 0.3) is 0 Å². The second-order valence-corrected chi connectivity index (χ2v) is 8.65. The van der Waals surface area contributed by atoms with Crippen molar-refractivity contribution in [3.63, 3.8) is 0 Å². The summed E-state index contributed by atoms with van der Waals surface area (Å²) in [5.41, 5.74) is -0.593. The fourth-order valence-electron chi connectivity index (χ4n) is 2.95. The number of halogens is 3. The summed E-state index contributed by atoms with van der Waals surface area (Å²) in [6.07, 6.45) is -3.14. The number of likely N-dealkylation sites (tertiary alicyclic amines) is 1. The summed E-state index contributed by atoms with van der Waals surface area (Å²) < 4.78 is 62.8. The van der Waals surface area contributed by atoms with Crippen LogP contribution in [0.5, 0.6) is 0 Å². The zero-order valence-electron chi connectivity index (χ0n) is 14.7. The minimum Gasteiger partial charge on any atom is -0.334 e. The summed E-state index contributed by atoms with van der Waals surface area (Å²) in [5.74, 6) is 0. The number of amides is 2. The van der Waals surface area contributed by atoms with Crippen LogP contribution in [0.2, 0.25) is 0 Å². The molecule has 1 aromatic heterocycles. The quantitative estimate of drug-likeness (QED) is 0.836. The van der Waals surface area contributed by atoms with Crippen LogP contribution in [0.3, 0.4) is 0 Å². The van der Waals surface area contributed by atoms with Crippen LogP contribution in [-0.2, 0) is 22.6 Å². The standard InChI is InChI=1S/C18H18F3N3O3S/c19-18(20,21)16-7-6-13(10-22-16)11-23-17(25)24-9-8-15(12-24)28(26,27)14-4-2-1-3-5-14/h1-7,10,15H,8-9,11-12H2,(H,23,25). The van der Waals surface area contributed by atoms with Gasteiger partial charge in [-0.25, -0.2) is 13.2 Å². The van der Waals surface area contributed by atoms with Gasteiger partial charge in [0.15, 0.2) is 9.84 Å². The van der Waals surface area contributed by atoms with Crippen LogP contribution in [-0.4, -0.2) is 42.7 Å². The Balaban J connectivity index is 1.56. The summed E-state index contributed by atoms with van der Waals surface area (Å²) in [6.45, 7) is 0.346. The van der Waals surface area contributed by atoms with Gasteiger partial charge < -0.3 is 10.2 Å². The molecule has 1 aliphatic heterocycles. The molecule has 2 heterocycles. The minimum atomic E-state index is -4.52. The zero-order valence-corrected chi connectivity index (χ0v) is 15.5. The third-order valence-electron chi connectivity index (χ3n) is 4.50. The molecular weight excluding hydrogens is 395 g/mol. The van der Waals surface area contributed by atoms with E-state index in [-0.39, 0.29) is 24.5 Å². The summed E-state index contributed by atoms with van der Waals surface area (Å²) >= 11 is 0. The van der Waals surface area contributed by atoms with Gasteiger partial charge in [0.05, 0.1) is 10.1 Å². The lowest BCUT2D eigenvalue weighted by molar-refractivity contribution is -0.141. The fourth-order valence-corrected chi connectivity index (χ4v) is 4.67. The fraction of sp³-hybridized carbons (Fsp3) is 0.333. The third kappa shape index (κ3) is 4.44. The van der Waals surface area contributed by atoms with Gasteiger partial charge >= 0.3 is 12.2 Å². The number of nitrogens with zero attached hydrogens (tertiary/aromatic N) is 2. The number of nitrogens with one attached hydrogen (secondary N) is 1. The summed E-state index contributed by atoms with van der Waals surface area (Å²) in [6, 6.07) is 9.68. The molecule has 0 radical (unpaired) electrons. The Morgan fingerprint density at radius 3 is 2.50 bits per heavy atom. The molecule has 10 heteroatoms. The van der Waals surface area contributed by atoms with Crippen molar-refractivity contribution in [3.8, 4) is 0 Å². The van der Waals surface area contributed by atoms with Crippen molar-refractivity contribution in [2.24, 2.45) is 0 Å². The molecule has 0 spiro atoms. The van der Waals surface area contributed by atoms with Crippen molar-refractivity contribution < 1.29 is 26.4 Å². The highest BCUT2D eigenvalue weighted by Gasteiger charge is 2.36.